The Morgan fingerprint density at radius 1 is 1.18 bits per heavy atom. The highest BCUT2D eigenvalue weighted by atomic mass is 16.7. The van der Waals surface area contributed by atoms with Crippen molar-refractivity contribution in [3.8, 4) is 11.5 Å². The molecular formula is C21H22N2O5. The lowest BCUT2D eigenvalue weighted by Gasteiger charge is -2.38. The molecule has 0 aliphatic carbocycles. The van der Waals surface area contributed by atoms with E-state index < -0.39 is 18.5 Å². The molecule has 7 heteroatoms. The number of primary amides is 1. The van der Waals surface area contributed by atoms with Gasteiger partial charge in [0.25, 0.3) is 0 Å². The van der Waals surface area contributed by atoms with Gasteiger partial charge in [-0.05, 0) is 18.6 Å². The second-order valence-corrected chi connectivity index (χ2v) is 7.11. The fraction of sp³-hybridized carbons (Fsp3) is 0.333. The molecule has 2 aromatic carbocycles. The molecule has 0 radical (unpaired) electrons. The average molecular weight is 382 g/mol. The van der Waals surface area contributed by atoms with E-state index in [0.29, 0.717) is 35.6 Å². The molecule has 2 aliphatic rings. The number of nitrogens with zero attached hydrogens (tertiary/aromatic N) is 1. The highest BCUT2D eigenvalue weighted by Crippen LogP contribution is 2.47. The van der Waals surface area contributed by atoms with Crippen LogP contribution in [-0.2, 0) is 16.0 Å². The van der Waals surface area contributed by atoms with Crippen molar-refractivity contribution in [2.24, 2.45) is 5.73 Å². The number of carbonyl (C=O) groups is 2. The van der Waals surface area contributed by atoms with E-state index in [2.05, 4.69) is 0 Å². The van der Waals surface area contributed by atoms with Gasteiger partial charge in [0, 0.05) is 37.4 Å². The molecule has 3 unspecified atom stereocenters. The van der Waals surface area contributed by atoms with Gasteiger partial charge in [0.2, 0.25) is 12.2 Å². The first-order chi connectivity index (χ1) is 13.4. The molecule has 2 aromatic rings. The number of hydrogen-bond donors (Lipinski definition) is 1. The molecule has 0 fully saturated rings. The number of amides is 2. The quantitative estimate of drug-likeness (QED) is 0.879. The van der Waals surface area contributed by atoms with Crippen LogP contribution in [0, 0.1) is 0 Å². The summed E-state index contributed by atoms with van der Waals surface area (Å²) in [6.07, 6.45) is -0.796. The van der Waals surface area contributed by atoms with Gasteiger partial charge >= 0.3 is 6.09 Å². The van der Waals surface area contributed by atoms with Crippen molar-refractivity contribution in [1.82, 2.24) is 0 Å². The Labute approximate surface area is 163 Å². The summed E-state index contributed by atoms with van der Waals surface area (Å²) in [5, 5.41) is 0. The van der Waals surface area contributed by atoms with Crippen LogP contribution < -0.4 is 20.1 Å². The topological polar surface area (TPSA) is 91.1 Å². The Balaban J connectivity index is 1.66. The summed E-state index contributed by atoms with van der Waals surface area (Å²) in [5.74, 6) is 1.04. The fourth-order valence-electron chi connectivity index (χ4n) is 3.92. The molecule has 2 amide bonds. The average Bonchev–Trinajstić information content (AvgIpc) is 3.01. The molecule has 28 heavy (non-hydrogen) atoms. The summed E-state index contributed by atoms with van der Waals surface area (Å²) < 4.78 is 17.2. The Hall–Kier alpha value is -3.22. The molecule has 0 saturated carbocycles. The zero-order chi connectivity index (χ0) is 19.8. The maximum Gasteiger partial charge on any atom is 0.405 e. The lowest BCUT2D eigenvalue weighted by Crippen LogP contribution is -2.42. The van der Waals surface area contributed by atoms with Gasteiger partial charge in [0.15, 0.2) is 11.5 Å². The van der Waals surface area contributed by atoms with Gasteiger partial charge in [-0.3, -0.25) is 4.79 Å². The minimum absolute atomic E-state index is 0.0917. The van der Waals surface area contributed by atoms with Crippen LogP contribution in [0.15, 0.2) is 42.5 Å². The van der Waals surface area contributed by atoms with Gasteiger partial charge in [-0.15, -0.1) is 0 Å². The van der Waals surface area contributed by atoms with Crippen molar-refractivity contribution in [2.45, 2.75) is 45.1 Å². The van der Waals surface area contributed by atoms with E-state index in [1.807, 2.05) is 37.3 Å². The van der Waals surface area contributed by atoms with E-state index in [9.17, 15) is 9.59 Å². The number of ether oxygens (including phenoxy) is 3. The van der Waals surface area contributed by atoms with E-state index in [1.54, 1.807) is 17.0 Å². The fourth-order valence-corrected chi connectivity index (χ4v) is 3.92. The Bertz CT molecular complexity index is 915. The van der Waals surface area contributed by atoms with Crippen LogP contribution in [0.25, 0.3) is 0 Å². The van der Waals surface area contributed by atoms with Gasteiger partial charge in [0.05, 0.1) is 5.69 Å². The standard InChI is InChI=1S/C21H22N2O5/c1-12-8-17(28-21(22)25)15-10-18-19(11-16(15)23(12)13(2)24)27-20(26-18)9-14-6-4-3-5-7-14/h3-7,10-12,17,20H,8-9H2,1-2H3,(H2,22,25). The molecule has 3 atom stereocenters. The smallest absolute Gasteiger partial charge is 0.405 e. The Kier molecular flexibility index (Phi) is 4.58. The summed E-state index contributed by atoms with van der Waals surface area (Å²) >= 11 is 0. The SMILES string of the molecule is CC(=O)N1c2cc3c(cc2C(OC(N)=O)CC1C)OC(Cc1ccccc1)O3. The first-order valence-corrected chi connectivity index (χ1v) is 9.23. The first kappa shape index (κ1) is 18.2. The van der Waals surface area contributed by atoms with Gasteiger partial charge in [-0.2, -0.15) is 0 Å². The van der Waals surface area contributed by atoms with Crippen molar-refractivity contribution in [3.63, 3.8) is 0 Å². The highest BCUT2D eigenvalue weighted by Gasteiger charge is 2.37. The first-order valence-electron chi connectivity index (χ1n) is 9.23. The van der Waals surface area contributed by atoms with E-state index in [4.69, 9.17) is 19.9 Å². The van der Waals surface area contributed by atoms with Crippen LogP contribution in [0.4, 0.5) is 10.5 Å². The molecule has 146 valence electrons. The van der Waals surface area contributed by atoms with E-state index in [1.165, 1.54) is 6.92 Å². The molecule has 4 rings (SSSR count). The minimum atomic E-state index is -0.848. The van der Waals surface area contributed by atoms with Crippen LogP contribution in [-0.4, -0.2) is 24.3 Å². The van der Waals surface area contributed by atoms with Crippen LogP contribution in [0.5, 0.6) is 11.5 Å². The number of hydrogen-bond acceptors (Lipinski definition) is 5. The molecule has 2 aliphatic heterocycles. The Morgan fingerprint density at radius 2 is 1.86 bits per heavy atom. The maximum absolute atomic E-state index is 12.2. The van der Waals surface area contributed by atoms with Crippen LogP contribution in [0.1, 0.15) is 37.5 Å². The zero-order valence-electron chi connectivity index (χ0n) is 15.8. The predicted molar refractivity (Wildman–Crippen MR) is 102 cm³/mol. The van der Waals surface area contributed by atoms with Gasteiger partial charge < -0.3 is 24.8 Å². The largest absolute Gasteiger partial charge is 0.451 e. The summed E-state index contributed by atoms with van der Waals surface area (Å²) in [7, 11) is 0. The van der Waals surface area contributed by atoms with Crippen LogP contribution in [0.3, 0.4) is 0 Å². The van der Waals surface area contributed by atoms with Crippen molar-refractivity contribution >= 4 is 17.7 Å². The molecule has 0 spiro atoms. The number of nitrogens with two attached hydrogens (primary N) is 1. The molecule has 7 nitrogen and oxygen atoms in total. The lowest BCUT2D eigenvalue weighted by molar-refractivity contribution is -0.117. The van der Waals surface area contributed by atoms with Gasteiger partial charge in [0.1, 0.15) is 6.10 Å². The molecule has 0 saturated heterocycles. The van der Waals surface area contributed by atoms with Crippen molar-refractivity contribution < 1.29 is 23.8 Å². The third kappa shape index (κ3) is 3.35. The summed E-state index contributed by atoms with van der Waals surface area (Å²) in [5.41, 5.74) is 7.68. The van der Waals surface area contributed by atoms with E-state index in [-0.39, 0.29) is 11.9 Å². The second kappa shape index (κ2) is 7.07. The highest BCUT2D eigenvalue weighted by molar-refractivity contribution is 5.94. The van der Waals surface area contributed by atoms with Crippen LogP contribution >= 0.6 is 0 Å². The van der Waals surface area contributed by atoms with E-state index in [0.717, 1.165) is 5.56 Å². The minimum Gasteiger partial charge on any atom is -0.451 e. The lowest BCUT2D eigenvalue weighted by atomic mass is 9.93. The summed E-state index contributed by atoms with van der Waals surface area (Å²) in [6, 6.07) is 13.3. The van der Waals surface area contributed by atoms with Gasteiger partial charge in [-0.1, -0.05) is 30.3 Å². The predicted octanol–water partition coefficient (Wildman–Crippen LogP) is 3.31. The third-order valence-electron chi connectivity index (χ3n) is 5.06. The van der Waals surface area contributed by atoms with Gasteiger partial charge in [-0.25, -0.2) is 4.79 Å². The number of carbonyl (C=O) groups excluding carboxylic acids is 2. The summed E-state index contributed by atoms with van der Waals surface area (Å²) in [6.45, 7) is 3.42. The summed E-state index contributed by atoms with van der Waals surface area (Å²) in [4.78, 5) is 25.3. The number of fused-ring (bicyclic) bond motifs is 2. The van der Waals surface area contributed by atoms with Crippen LogP contribution in [0.2, 0.25) is 0 Å². The Morgan fingerprint density at radius 3 is 2.50 bits per heavy atom. The van der Waals surface area contributed by atoms with Crippen molar-refractivity contribution in [1.29, 1.82) is 0 Å². The molecule has 2 N–H and O–H groups in total. The number of benzene rings is 2. The second-order valence-electron chi connectivity index (χ2n) is 7.11. The monoisotopic (exact) mass is 382 g/mol. The maximum atomic E-state index is 12.2. The van der Waals surface area contributed by atoms with Crippen molar-refractivity contribution in [3.05, 3.63) is 53.6 Å². The number of rotatable bonds is 3. The molecule has 2 heterocycles. The number of anilines is 1. The van der Waals surface area contributed by atoms with E-state index >= 15 is 0 Å². The van der Waals surface area contributed by atoms with Crippen molar-refractivity contribution in [2.75, 3.05) is 4.90 Å². The molecule has 0 aromatic heterocycles. The third-order valence-corrected chi connectivity index (χ3v) is 5.06. The normalized spacial score (nSPS) is 22.5. The molecular weight excluding hydrogens is 360 g/mol. The zero-order valence-corrected chi connectivity index (χ0v) is 15.8. The molecule has 0 bridgehead atoms.